The molecule has 160 valence electrons. The van der Waals surface area contributed by atoms with E-state index in [1.54, 1.807) is 4.90 Å². The molecule has 3 N–H and O–H groups in total. The molecule has 2 unspecified atom stereocenters. The Morgan fingerprint density at radius 1 is 1.03 bits per heavy atom. The van der Waals surface area contributed by atoms with Gasteiger partial charge < -0.3 is 20.3 Å². The van der Waals surface area contributed by atoms with Crippen molar-refractivity contribution in [3.05, 3.63) is 71.8 Å². The molecule has 2 fully saturated rings. The zero-order chi connectivity index (χ0) is 20.9. The molecule has 0 radical (unpaired) electrons. The van der Waals surface area contributed by atoms with Gasteiger partial charge in [0.25, 0.3) is 0 Å². The van der Waals surface area contributed by atoms with Crippen molar-refractivity contribution in [2.24, 2.45) is 11.7 Å². The maximum Gasteiger partial charge on any atom is 0.410 e. The van der Waals surface area contributed by atoms with E-state index in [0.717, 1.165) is 30.4 Å². The van der Waals surface area contributed by atoms with Crippen LogP contribution in [0.15, 0.2) is 60.7 Å². The van der Waals surface area contributed by atoms with Crippen LogP contribution < -0.4 is 5.73 Å². The first-order valence-electron chi connectivity index (χ1n) is 10.7. The van der Waals surface area contributed by atoms with Crippen molar-refractivity contribution in [2.45, 2.75) is 63.3 Å². The molecule has 1 heterocycles. The van der Waals surface area contributed by atoms with E-state index >= 15 is 0 Å². The standard InChI is InChI=1S/C24H30N2O4/c25-20-13-14-21(30-23(20)27)22(19-11-12-19)26(15-17-7-3-1-4-8-17)24(28)29-16-18-9-5-2-6-10-18/h1-10,19-23,27H,11-16,25H2/t20?,21-,22+,23?/m0/s1. The summed E-state index contributed by atoms with van der Waals surface area (Å²) in [6.45, 7) is 0.666. The van der Waals surface area contributed by atoms with E-state index in [1.807, 2.05) is 60.7 Å². The highest BCUT2D eigenvalue weighted by Gasteiger charge is 2.45. The Morgan fingerprint density at radius 2 is 1.67 bits per heavy atom. The molecule has 2 aliphatic rings. The number of aliphatic hydroxyl groups excluding tert-OH is 1. The van der Waals surface area contributed by atoms with Gasteiger partial charge in [-0.05, 0) is 42.7 Å². The molecule has 4 atom stereocenters. The molecule has 1 aliphatic carbocycles. The number of ether oxygens (including phenoxy) is 2. The highest BCUT2D eigenvalue weighted by Crippen LogP contribution is 2.41. The quantitative estimate of drug-likeness (QED) is 0.731. The van der Waals surface area contributed by atoms with Crippen molar-refractivity contribution < 1.29 is 19.4 Å². The molecule has 6 nitrogen and oxygen atoms in total. The number of aliphatic hydroxyl groups is 1. The molecular weight excluding hydrogens is 380 g/mol. The number of nitrogens with two attached hydrogens (primary N) is 1. The molecule has 1 amide bonds. The summed E-state index contributed by atoms with van der Waals surface area (Å²) in [5.74, 6) is 0.351. The SMILES string of the molecule is NC1CC[C@@H]([C@@H](C2CC2)N(Cc2ccccc2)C(=O)OCc2ccccc2)OC1O. The minimum atomic E-state index is -0.996. The molecule has 0 spiro atoms. The summed E-state index contributed by atoms with van der Waals surface area (Å²) in [6.07, 6.45) is 1.88. The monoisotopic (exact) mass is 410 g/mol. The first-order valence-corrected chi connectivity index (χ1v) is 10.7. The van der Waals surface area contributed by atoms with Crippen molar-refractivity contribution in [1.82, 2.24) is 4.90 Å². The van der Waals surface area contributed by atoms with Crippen LogP contribution in [-0.4, -0.2) is 40.6 Å². The zero-order valence-corrected chi connectivity index (χ0v) is 17.1. The fourth-order valence-corrected chi connectivity index (χ4v) is 4.17. The Balaban J connectivity index is 1.54. The molecule has 30 heavy (non-hydrogen) atoms. The average molecular weight is 411 g/mol. The molecule has 0 aromatic heterocycles. The topological polar surface area (TPSA) is 85.0 Å². The van der Waals surface area contributed by atoms with Crippen molar-refractivity contribution >= 4 is 6.09 Å². The number of carbonyl (C=O) groups excluding carboxylic acids is 1. The summed E-state index contributed by atoms with van der Waals surface area (Å²) < 4.78 is 11.6. The first-order chi connectivity index (χ1) is 14.6. The van der Waals surface area contributed by atoms with Crippen molar-refractivity contribution in [3.8, 4) is 0 Å². The van der Waals surface area contributed by atoms with Crippen LogP contribution in [0.25, 0.3) is 0 Å². The van der Waals surface area contributed by atoms with Gasteiger partial charge in [0, 0.05) is 6.54 Å². The van der Waals surface area contributed by atoms with Crippen LogP contribution >= 0.6 is 0 Å². The first kappa shape index (κ1) is 20.8. The molecular formula is C24H30N2O4. The number of nitrogens with zero attached hydrogens (tertiary/aromatic N) is 1. The maximum atomic E-state index is 13.2. The Bertz CT molecular complexity index is 812. The van der Waals surface area contributed by atoms with Gasteiger partial charge in [0.1, 0.15) is 6.61 Å². The third kappa shape index (κ3) is 5.19. The summed E-state index contributed by atoms with van der Waals surface area (Å²) in [5.41, 5.74) is 7.91. The predicted molar refractivity (Wildman–Crippen MR) is 113 cm³/mol. The molecule has 4 rings (SSSR count). The predicted octanol–water partition coefficient (Wildman–Crippen LogP) is 3.43. The van der Waals surface area contributed by atoms with Crippen LogP contribution in [0.1, 0.15) is 36.8 Å². The number of hydrogen-bond acceptors (Lipinski definition) is 5. The summed E-state index contributed by atoms with van der Waals surface area (Å²) in [7, 11) is 0. The van der Waals surface area contributed by atoms with Crippen LogP contribution in [0.4, 0.5) is 4.79 Å². The lowest BCUT2D eigenvalue weighted by atomic mass is 9.94. The number of carbonyl (C=O) groups is 1. The third-order valence-corrected chi connectivity index (χ3v) is 5.95. The highest BCUT2D eigenvalue weighted by atomic mass is 16.6. The average Bonchev–Trinajstić information content (AvgIpc) is 3.60. The second kappa shape index (κ2) is 9.60. The normalized spacial score (nSPS) is 24.8. The molecule has 1 aliphatic heterocycles. The van der Waals surface area contributed by atoms with Crippen LogP contribution in [0.5, 0.6) is 0 Å². The molecule has 2 aromatic rings. The minimum Gasteiger partial charge on any atom is -0.445 e. The van der Waals surface area contributed by atoms with E-state index in [0.29, 0.717) is 18.9 Å². The lowest BCUT2D eigenvalue weighted by Gasteiger charge is -2.41. The molecule has 6 heteroatoms. The van der Waals surface area contributed by atoms with Gasteiger partial charge in [-0.3, -0.25) is 4.90 Å². The number of hydrogen-bond donors (Lipinski definition) is 2. The van der Waals surface area contributed by atoms with Crippen molar-refractivity contribution in [1.29, 1.82) is 0 Å². The van der Waals surface area contributed by atoms with Gasteiger partial charge in [-0.1, -0.05) is 60.7 Å². The molecule has 1 saturated carbocycles. The molecule has 2 aromatic carbocycles. The Kier molecular flexibility index (Phi) is 6.67. The van der Waals surface area contributed by atoms with E-state index < -0.39 is 6.29 Å². The largest absolute Gasteiger partial charge is 0.445 e. The van der Waals surface area contributed by atoms with Crippen LogP contribution in [0.2, 0.25) is 0 Å². The summed E-state index contributed by atoms with van der Waals surface area (Å²) in [5, 5.41) is 10.2. The number of benzene rings is 2. The van der Waals surface area contributed by atoms with Gasteiger partial charge >= 0.3 is 6.09 Å². The summed E-state index contributed by atoms with van der Waals surface area (Å²) in [6, 6.07) is 19.1. The number of amides is 1. The Labute approximate surface area is 177 Å². The van der Waals surface area contributed by atoms with E-state index in [-0.39, 0.29) is 30.9 Å². The lowest BCUT2D eigenvalue weighted by Crippen LogP contribution is -2.54. The van der Waals surface area contributed by atoms with Gasteiger partial charge in [0.15, 0.2) is 6.29 Å². The Morgan fingerprint density at radius 3 is 2.27 bits per heavy atom. The molecule has 0 bridgehead atoms. The van der Waals surface area contributed by atoms with E-state index in [1.165, 1.54) is 0 Å². The van der Waals surface area contributed by atoms with Gasteiger partial charge in [-0.2, -0.15) is 0 Å². The fraction of sp³-hybridized carbons (Fsp3) is 0.458. The van der Waals surface area contributed by atoms with Crippen LogP contribution in [0.3, 0.4) is 0 Å². The lowest BCUT2D eigenvalue weighted by molar-refractivity contribution is -0.190. The molecule has 1 saturated heterocycles. The van der Waals surface area contributed by atoms with Crippen molar-refractivity contribution in [3.63, 3.8) is 0 Å². The second-order valence-electron chi connectivity index (χ2n) is 8.29. The Hall–Kier alpha value is -2.41. The summed E-state index contributed by atoms with van der Waals surface area (Å²) >= 11 is 0. The fourth-order valence-electron chi connectivity index (χ4n) is 4.17. The summed E-state index contributed by atoms with van der Waals surface area (Å²) in [4.78, 5) is 15.0. The van der Waals surface area contributed by atoms with E-state index in [4.69, 9.17) is 15.2 Å². The van der Waals surface area contributed by atoms with Crippen LogP contribution in [0, 0.1) is 5.92 Å². The van der Waals surface area contributed by atoms with Gasteiger partial charge in [0.2, 0.25) is 0 Å². The smallest absolute Gasteiger partial charge is 0.410 e. The van der Waals surface area contributed by atoms with Crippen molar-refractivity contribution in [2.75, 3.05) is 0 Å². The second-order valence-corrected chi connectivity index (χ2v) is 8.29. The minimum absolute atomic E-state index is 0.143. The highest BCUT2D eigenvalue weighted by molar-refractivity contribution is 5.68. The van der Waals surface area contributed by atoms with E-state index in [9.17, 15) is 9.90 Å². The number of rotatable bonds is 7. The van der Waals surface area contributed by atoms with Gasteiger partial charge in [-0.25, -0.2) is 4.79 Å². The maximum absolute atomic E-state index is 13.2. The van der Waals surface area contributed by atoms with Crippen LogP contribution in [-0.2, 0) is 22.6 Å². The van der Waals surface area contributed by atoms with E-state index in [2.05, 4.69) is 0 Å². The third-order valence-electron chi connectivity index (χ3n) is 5.95. The van der Waals surface area contributed by atoms with Gasteiger partial charge in [0.05, 0.1) is 18.2 Å². The zero-order valence-electron chi connectivity index (χ0n) is 17.1. The van der Waals surface area contributed by atoms with Gasteiger partial charge in [-0.15, -0.1) is 0 Å².